The molecule has 0 radical (unpaired) electrons. The Morgan fingerprint density at radius 2 is 0.933 bits per heavy atom. The van der Waals surface area contributed by atoms with Gasteiger partial charge in [-0.3, -0.25) is 39.0 Å². The van der Waals surface area contributed by atoms with Crippen LogP contribution in [0, 0.1) is 11.8 Å². The number of alkyl carbamates (subject to hydrolysis) is 1. The van der Waals surface area contributed by atoms with E-state index in [0.717, 1.165) is 21.2 Å². The summed E-state index contributed by atoms with van der Waals surface area (Å²) in [5.74, 6) is -0.919. The third-order valence-electron chi connectivity index (χ3n) is 14.2. The highest BCUT2D eigenvalue weighted by atomic mass is 79.9. The van der Waals surface area contributed by atoms with Crippen LogP contribution in [0.3, 0.4) is 0 Å². The zero-order valence-corrected chi connectivity index (χ0v) is 52.9. The van der Waals surface area contributed by atoms with Crippen molar-refractivity contribution in [3.05, 3.63) is 172 Å². The van der Waals surface area contributed by atoms with Crippen molar-refractivity contribution in [2.45, 2.75) is 148 Å². The van der Waals surface area contributed by atoms with E-state index in [1.165, 1.54) is 12.1 Å². The standard InChI is InChI=1S/C65H83BrN10O13/c1-9-40(4)54(74-58(79)52(36-67)71-60(81)53(39(2)3)73-57(78)50(34-43-23-15-11-16-24-43)72-63(84)89-65(6,7)8)61(82)69-49(33-42-21-13-10-14-22-42)56(77)75-55(41(5)86-37-45-25-17-12-18-26-45)62(83)70-51(59(80)76-68)35-44-29-31-47(32-30-44)88-64(85)87-38-46-27-19-20-28-48(46)66/h10-32,39-41,49-55H,9,33-38,67-68H2,1-8H3,(H,69,82)(H,70,83)(H,71,81)(H,72,84)(H,73,78)(H,74,79)(H,75,77)(H,76,80)/t40-,41+,49-,50-,51+,52-,53-,54-,55-/m0/s1. The highest BCUT2D eigenvalue weighted by Crippen LogP contribution is 2.20. The van der Waals surface area contributed by atoms with Crippen LogP contribution in [0.5, 0.6) is 5.75 Å². The second kappa shape index (κ2) is 35.3. The largest absolute Gasteiger partial charge is 0.514 e. The average Bonchev–Trinajstić information content (AvgIpc) is 3.48. The summed E-state index contributed by atoms with van der Waals surface area (Å²) in [4.78, 5) is 125. The summed E-state index contributed by atoms with van der Waals surface area (Å²) in [6.45, 7) is 13.0. The maximum absolute atomic E-state index is 14.9. The molecule has 24 heteroatoms. The van der Waals surface area contributed by atoms with E-state index < -0.39 is 126 Å². The molecule has 0 unspecified atom stereocenters. The van der Waals surface area contributed by atoms with Gasteiger partial charge >= 0.3 is 12.2 Å². The molecule has 0 fully saturated rings. The molecule has 23 nitrogen and oxygen atoms in total. The zero-order valence-electron chi connectivity index (χ0n) is 51.3. The number of amides is 8. The number of benzene rings is 5. The maximum atomic E-state index is 14.9. The van der Waals surface area contributed by atoms with E-state index >= 15 is 0 Å². The fraction of sp³-hybridized carbons (Fsp3) is 0.400. The Bertz CT molecular complexity index is 3140. The van der Waals surface area contributed by atoms with Gasteiger partial charge in [0.05, 0.1) is 12.7 Å². The Morgan fingerprint density at radius 1 is 0.494 bits per heavy atom. The lowest BCUT2D eigenvalue weighted by Crippen LogP contribution is -2.63. The number of carbonyl (C=O) groups is 9. The lowest BCUT2D eigenvalue weighted by molar-refractivity contribution is -0.138. The van der Waals surface area contributed by atoms with Gasteiger partial charge in [-0.2, -0.15) is 0 Å². The lowest BCUT2D eigenvalue weighted by atomic mass is 9.96. The van der Waals surface area contributed by atoms with Gasteiger partial charge in [-0.1, -0.05) is 171 Å². The molecule has 0 saturated carbocycles. The van der Waals surface area contributed by atoms with Crippen molar-refractivity contribution >= 4 is 69.5 Å². The second-order valence-corrected chi connectivity index (χ2v) is 23.5. The molecule has 0 aromatic heterocycles. The van der Waals surface area contributed by atoms with Crippen LogP contribution in [0.1, 0.15) is 89.6 Å². The molecule has 0 aliphatic rings. The van der Waals surface area contributed by atoms with Gasteiger partial charge in [0.1, 0.15) is 60.3 Å². The normalized spacial score (nSPS) is 14.2. The summed E-state index contributed by atoms with van der Waals surface area (Å²) in [5, 5.41) is 19.0. The van der Waals surface area contributed by atoms with E-state index in [0.29, 0.717) is 17.5 Å². The first-order valence-corrected chi connectivity index (χ1v) is 30.1. The zero-order chi connectivity index (χ0) is 65.2. The Morgan fingerprint density at radius 3 is 1.44 bits per heavy atom. The van der Waals surface area contributed by atoms with Gasteiger partial charge in [0, 0.05) is 35.8 Å². The summed E-state index contributed by atoms with van der Waals surface area (Å²) in [7, 11) is 0. The van der Waals surface area contributed by atoms with Gasteiger partial charge < -0.3 is 61.9 Å². The Hall–Kier alpha value is -8.71. The first-order valence-electron chi connectivity index (χ1n) is 29.3. The third kappa shape index (κ3) is 23.7. The number of carbonyl (C=O) groups excluding carboxylic acids is 9. The molecule has 0 bridgehead atoms. The van der Waals surface area contributed by atoms with Crippen LogP contribution in [-0.4, -0.2) is 114 Å². The number of rotatable bonds is 31. The van der Waals surface area contributed by atoms with Crippen LogP contribution in [0.15, 0.2) is 144 Å². The minimum absolute atomic E-state index is 0.0141. The Kier molecular flexibility index (Phi) is 28.2. The number of ether oxygens (including phenoxy) is 4. The monoisotopic (exact) mass is 1290 g/mol. The number of hydrazine groups is 1. The second-order valence-electron chi connectivity index (χ2n) is 22.7. The molecule has 12 N–H and O–H groups in total. The van der Waals surface area contributed by atoms with Crippen molar-refractivity contribution in [2.24, 2.45) is 23.4 Å². The number of nitrogens with one attached hydrogen (secondary N) is 8. The molecular weight excluding hydrogens is 1210 g/mol. The average molecular weight is 1290 g/mol. The van der Waals surface area contributed by atoms with Gasteiger partial charge in [-0.25, -0.2) is 15.4 Å². The summed E-state index contributed by atoms with van der Waals surface area (Å²) < 4.78 is 23.0. The molecule has 5 rings (SSSR count). The van der Waals surface area contributed by atoms with Crippen LogP contribution < -0.4 is 59.0 Å². The van der Waals surface area contributed by atoms with Gasteiger partial charge in [0.2, 0.25) is 35.4 Å². The summed E-state index contributed by atoms with van der Waals surface area (Å²) >= 11 is 3.41. The molecule has 0 spiro atoms. The maximum Gasteiger partial charge on any atom is 0.514 e. The van der Waals surface area contributed by atoms with E-state index in [1.807, 2.05) is 42.5 Å². The van der Waals surface area contributed by atoms with E-state index in [-0.39, 0.29) is 38.2 Å². The predicted molar refractivity (Wildman–Crippen MR) is 337 cm³/mol. The van der Waals surface area contributed by atoms with Crippen molar-refractivity contribution in [1.82, 2.24) is 42.6 Å². The number of nitrogens with two attached hydrogens (primary N) is 2. The van der Waals surface area contributed by atoms with Gasteiger partial charge in [-0.15, -0.1) is 0 Å². The minimum Gasteiger partial charge on any atom is -0.444 e. The lowest BCUT2D eigenvalue weighted by Gasteiger charge is -2.31. The van der Waals surface area contributed by atoms with E-state index in [1.54, 1.807) is 140 Å². The molecule has 5 aromatic rings. The van der Waals surface area contributed by atoms with Crippen LogP contribution >= 0.6 is 15.9 Å². The third-order valence-corrected chi connectivity index (χ3v) is 14.9. The molecule has 0 aliphatic carbocycles. The molecular formula is C65H83BrN10O13. The van der Waals surface area contributed by atoms with Crippen molar-refractivity contribution < 1.29 is 62.1 Å². The van der Waals surface area contributed by atoms with Gasteiger partial charge in [-0.05, 0) is 80.0 Å². The number of hydrogen-bond donors (Lipinski definition) is 10. The van der Waals surface area contributed by atoms with Crippen LogP contribution in [0.25, 0.3) is 0 Å². The minimum atomic E-state index is -1.51. The predicted octanol–water partition coefficient (Wildman–Crippen LogP) is 5.25. The Balaban J connectivity index is 1.34. The molecule has 478 valence electrons. The van der Waals surface area contributed by atoms with Crippen molar-refractivity contribution in [3.8, 4) is 5.75 Å². The summed E-state index contributed by atoms with van der Waals surface area (Å²) in [6.07, 6.45) is -2.68. The van der Waals surface area contributed by atoms with Gasteiger partial charge in [0.15, 0.2) is 0 Å². The SMILES string of the molecule is CC[C@H](C)[C@H](NC(=O)[C@H](CN)NC(=O)[C@@H](NC(=O)[C@H](Cc1ccccc1)NC(=O)OC(C)(C)C)C(C)C)C(=O)N[C@@H](Cc1ccccc1)C(=O)N[C@H](C(=O)N[C@H](Cc1ccc(OC(=O)OCc2ccccc2Br)cc1)C(=O)NN)[C@@H](C)OCc1ccccc1. The number of halogens is 1. The molecule has 5 aromatic carbocycles. The fourth-order valence-corrected chi connectivity index (χ4v) is 9.39. The van der Waals surface area contributed by atoms with Gasteiger partial charge in [0.25, 0.3) is 5.91 Å². The van der Waals surface area contributed by atoms with Crippen molar-refractivity contribution in [2.75, 3.05) is 6.54 Å². The first-order chi connectivity index (χ1) is 42.4. The highest BCUT2D eigenvalue weighted by molar-refractivity contribution is 9.10. The molecule has 8 amide bonds. The van der Waals surface area contributed by atoms with Crippen molar-refractivity contribution in [1.29, 1.82) is 0 Å². The topological polar surface area (TPSA) is 339 Å². The molecule has 0 heterocycles. The quantitative estimate of drug-likeness (QED) is 0.00891. The van der Waals surface area contributed by atoms with E-state index in [2.05, 4.69) is 58.6 Å². The summed E-state index contributed by atoms with van der Waals surface area (Å²) in [6, 6.07) is 30.7. The van der Waals surface area contributed by atoms with E-state index in [4.69, 9.17) is 30.5 Å². The number of hydrogen-bond acceptors (Lipinski definition) is 15. The molecule has 9 atom stereocenters. The molecule has 89 heavy (non-hydrogen) atoms. The van der Waals surface area contributed by atoms with Crippen LogP contribution in [-0.2, 0) is 80.2 Å². The Labute approximate surface area is 527 Å². The first kappa shape index (κ1) is 71.0. The summed E-state index contributed by atoms with van der Waals surface area (Å²) in [5.41, 5.74) is 10.7. The molecule has 0 saturated heterocycles. The van der Waals surface area contributed by atoms with Crippen LogP contribution in [0.4, 0.5) is 9.59 Å². The smallest absolute Gasteiger partial charge is 0.444 e. The van der Waals surface area contributed by atoms with E-state index in [9.17, 15) is 43.2 Å². The highest BCUT2D eigenvalue weighted by Gasteiger charge is 2.38. The van der Waals surface area contributed by atoms with Crippen LogP contribution in [0.2, 0.25) is 0 Å². The fourth-order valence-electron chi connectivity index (χ4n) is 8.99. The molecule has 0 aliphatic heterocycles. The van der Waals surface area contributed by atoms with Crippen molar-refractivity contribution in [3.63, 3.8) is 0 Å².